The van der Waals surface area contributed by atoms with Crippen LogP contribution in [0.1, 0.15) is 32.6 Å². The number of halogens is 3. The lowest BCUT2D eigenvalue weighted by atomic mass is 9.69. The quantitative estimate of drug-likeness (QED) is 0.424. The summed E-state index contributed by atoms with van der Waals surface area (Å²) in [6, 6.07) is 2.10. The van der Waals surface area contributed by atoms with E-state index in [0.717, 1.165) is 6.08 Å². The number of alkyl halides is 2. The molecule has 0 atom stereocenters. The van der Waals surface area contributed by atoms with Crippen molar-refractivity contribution in [2.45, 2.75) is 38.5 Å². The van der Waals surface area contributed by atoms with Crippen LogP contribution in [0, 0.1) is 16.7 Å². The number of hydrogen-bond acceptors (Lipinski definition) is 2. The summed E-state index contributed by atoms with van der Waals surface area (Å²) >= 11 is 0. The van der Waals surface area contributed by atoms with Crippen molar-refractivity contribution in [3.63, 3.8) is 0 Å². The highest BCUT2D eigenvalue weighted by Gasteiger charge is 2.44. The molecule has 1 aliphatic rings. The van der Waals surface area contributed by atoms with E-state index in [1.54, 1.807) is 6.92 Å². The van der Waals surface area contributed by atoms with Crippen LogP contribution in [0.5, 0.6) is 0 Å². The summed E-state index contributed by atoms with van der Waals surface area (Å²) in [7, 11) is 0. The van der Waals surface area contributed by atoms with Gasteiger partial charge in [0.25, 0.3) is 0 Å². The number of rotatable bonds is 3. The standard InChI is InChI=1S/C13H15F3N2/c1-10(3-4-11(14)18-2)12(9-17)5-7-13(15,16)8-6-12/h3-4H,2,5-8H2,1H3/b10-3+,11-4-. The first-order valence-corrected chi connectivity index (χ1v) is 5.66. The topological polar surface area (TPSA) is 36.1 Å². The minimum atomic E-state index is -2.69. The molecule has 0 aromatic rings. The molecule has 0 spiro atoms. The van der Waals surface area contributed by atoms with Crippen molar-refractivity contribution >= 4 is 6.72 Å². The molecule has 0 amide bonds. The third-order valence-corrected chi connectivity index (χ3v) is 3.43. The number of allylic oxidation sites excluding steroid dienone is 3. The van der Waals surface area contributed by atoms with Crippen LogP contribution in [-0.4, -0.2) is 12.6 Å². The van der Waals surface area contributed by atoms with Gasteiger partial charge in [0, 0.05) is 12.8 Å². The number of aliphatic imine (C=N–C) groups is 1. The van der Waals surface area contributed by atoms with Gasteiger partial charge < -0.3 is 0 Å². The molecule has 0 N–H and O–H groups in total. The Balaban J connectivity index is 2.91. The van der Waals surface area contributed by atoms with Gasteiger partial charge in [0.2, 0.25) is 11.9 Å². The lowest BCUT2D eigenvalue weighted by Crippen LogP contribution is -2.33. The van der Waals surface area contributed by atoms with Gasteiger partial charge >= 0.3 is 0 Å². The molecule has 1 aliphatic carbocycles. The van der Waals surface area contributed by atoms with Crippen molar-refractivity contribution in [3.8, 4) is 6.07 Å². The molecule has 98 valence electrons. The Bertz CT molecular complexity index is 420. The lowest BCUT2D eigenvalue weighted by molar-refractivity contribution is -0.0509. The first-order chi connectivity index (χ1) is 8.35. The maximum atomic E-state index is 13.1. The minimum Gasteiger partial charge on any atom is -0.236 e. The van der Waals surface area contributed by atoms with Crippen LogP contribution >= 0.6 is 0 Å². The van der Waals surface area contributed by atoms with E-state index in [-0.39, 0.29) is 25.7 Å². The van der Waals surface area contributed by atoms with E-state index in [1.165, 1.54) is 6.08 Å². The van der Waals surface area contributed by atoms with Gasteiger partial charge in [-0.2, -0.15) is 9.65 Å². The third-order valence-electron chi connectivity index (χ3n) is 3.43. The third kappa shape index (κ3) is 3.22. The van der Waals surface area contributed by atoms with E-state index in [0.29, 0.717) is 5.57 Å². The van der Waals surface area contributed by atoms with Crippen LogP contribution in [-0.2, 0) is 0 Å². The summed E-state index contributed by atoms with van der Waals surface area (Å²) < 4.78 is 39.0. The molecule has 0 aliphatic heterocycles. The summed E-state index contributed by atoms with van der Waals surface area (Å²) in [5, 5.41) is 9.22. The van der Waals surface area contributed by atoms with E-state index < -0.39 is 17.3 Å². The van der Waals surface area contributed by atoms with Gasteiger partial charge in [-0.1, -0.05) is 11.6 Å². The maximum absolute atomic E-state index is 13.1. The Morgan fingerprint density at radius 1 is 1.28 bits per heavy atom. The van der Waals surface area contributed by atoms with E-state index >= 15 is 0 Å². The Labute approximate surface area is 105 Å². The predicted octanol–water partition coefficient (Wildman–Crippen LogP) is 4.16. The second kappa shape index (κ2) is 5.38. The van der Waals surface area contributed by atoms with Crippen molar-refractivity contribution < 1.29 is 13.2 Å². The minimum absolute atomic E-state index is 0.0931. The van der Waals surface area contributed by atoms with Gasteiger partial charge in [0.15, 0.2) is 0 Å². The highest BCUT2D eigenvalue weighted by atomic mass is 19.3. The average Bonchev–Trinajstić information content (AvgIpc) is 2.36. The van der Waals surface area contributed by atoms with Crippen LogP contribution in [0.25, 0.3) is 0 Å². The molecule has 0 aromatic carbocycles. The first kappa shape index (κ1) is 14.5. The van der Waals surface area contributed by atoms with E-state index in [9.17, 15) is 18.4 Å². The highest BCUT2D eigenvalue weighted by molar-refractivity contribution is 5.31. The molecule has 1 rings (SSSR count). The Morgan fingerprint density at radius 2 is 1.83 bits per heavy atom. The molecule has 0 unspecified atom stereocenters. The van der Waals surface area contributed by atoms with Crippen LogP contribution in [0.2, 0.25) is 0 Å². The fourth-order valence-electron chi connectivity index (χ4n) is 2.04. The van der Waals surface area contributed by atoms with Crippen LogP contribution in [0.4, 0.5) is 13.2 Å². The zero-order valence-corrected chi connectivity index (χ0v) is 10.2. The van der Waals surface area contributed by atoms with Crippen molar-refractivity contribution in [2.75, 3.05) is 0 Å². The fourth-order valence-corrected chi connectivity index (χ4v) is 2.04. The van der Waals surface area contributed by atoms with Crippen molar-refractivity contribution in [1.29, 1.82) is 5.26 Å². The zero-order valence-electron chi connectivity index (χ0n) is 10.2. The molecule has 1 saturated carbocycles. The van der Waals surface area contributed by atoms with Gasteiger partial charge in [0.1, 0.15) is 0 Å². The summed E-state index contributed by atoms with van der Waals surface area (Å²) in [5.41, 5.74) is -0.334. The van der Waals surface area contributed by atoms with Gasteiger partial charge in [-0.3, -0.25) is 0 Å². The van der Waals surface area contributed by atoms with E-state index in [4.69, 9.17) is 0 Å². The van der Waals surface area contributed by atoms with Crippen molar-refractivity contribution in [2.24, 2.45) is 10.4 Å². The average molecular weight is 256 g/mol. The molecule has 0 heterocycles. The SMILES string of the molecule is C=N/C(F)=C\C=C(/C)C1(C#N)CCC(F)(F)CC1. The van der Waals surface area contributed by atoms with Crippen LogP contribution in [0.15, 0.2) is 28.7 Å². The summed E-state index contributed by atoms with van der Waals surface area (Å²) in [6.07, 6.45) is 2.08. The highest BCUT2D eigenvalue weighted by Crippen LogP contribution is 2.47. The lowest BCUT2D eigenvalue weighted by Gasteiger charge is -2.35. The molecule has 1 fully saturated rings. The smallest absolute Gasteiger partial charge is 0.236 e. The van der Waals surface area contributed by atoms with Gasteiger partial charge in [-0.25, -0.2) is 13.8 Å². The zero-order chi connectivity index (χ0) is 13.8. The fraction of sp³-hybridized carbons (Fsp3) is 0.538. The summed E-state index contributed by atoms with van der Waals surface area (Å²) in [6.45, 7) is 4.67. The summed E-state index contributed by atoms with van der Waals surface area (Å²) in [5.74, 6) is -3.45. The van der Waals surface area contributed by atoms with Gasteiger partial charge in [0.05, 0.1) is 11.5 Å². The number of nitrogens with zero attached hydrogens (tertiary/aromatic N) is 2. The van der Waals surface area contributed by atoms with Crippen LogP contribution < -0.4 is 0 Å². The van der Waals surface area contributed by atoms with E-state index in [2.05, 4.69) is 17.8 Å². The molecule has 0 saturated heterocycles. The molecular weight excluding hydrogens is 241 g/mol. The Kier molecular flexibility index (Phi) is 4.33. The second-order valence-electron chi connectivity index (χ2n) is 4.55. The predicted molar refractivity (Wildman–Crippen MR) is 64.0 cm³/mol. The molecule has 0 aromatic heterocycles. The number of hydrogen-bond donors (Lipinski definition) is 0. The first-order valence-electron chi connectivity index (χ1n) is 5.66. The number of nitriles is 1. The molecule has 2 nitrogen and oxygen atoms in total. The summed E-state index contributed by atoms with van der Waals surface area (Å²) in [4.78, 5) is 3.07. The molecule has 18 heavy (non-hydrogen) atoms. The van der Waals surface area contributed by atoms with Crippen molar-refractivity contribution in [1.82, 2.24) is 0 Å². The van der Waals surface area contributed by atoms with E-state index in [1.807, 2.05) is 0 Å². The van der Waals surface area contributed by atoms with Gasteiger partial charge in [-0.05, 0) is 32.6 Å². The monoisotopic (exact) mass is 256 g/mol. The Morgan fingerprint density at radius 3 is 2.28 bits per heavy atom. The maximum Gasteiger partial charge on any atom is 0.248 e. The van der Waals surface area contributed by atoms with Crippen molar-refractivity contribution in [3.05, 3.63) is 23.7 Å². The Hall–Kier alpha value is -1.57. The van der Waals surface area contributed by atoms with Gasteiger partial charge in [-0.15, -0.1) is 0 Å². The van der Waals surface area contributed by atoms with Crippen LogP contribution in [0.3, 0.4) is 0 Å². The molecule has 0 radical (unpaired) electrons. The molecule has 0 bridgehead atoms. The molecule has 5 heteroatoms. The normalized spacial score (nSPS) is 23.3. The second-order valence-corrected chi connectivity index (χ2v) is 4.55. The largest absolute Gasteiger partial charge is 0.248 e. The molecular formula is C13H15F3N2.